The Kier molecular flexibility index (Phi) is 4.84. The number of amides is 3. The minimum absolute atomic E-state index is 0.0478. The smallest absolute Gasteiger partial charge is 0.262 e. The van der Waals surface area contributed by atoms with Crippen molar-refractivity contribution in [3.63, 3.8) is 0 Å². The second-order valence-corrected chi connectivity index (χ2v) is 6.58. The standard InChI is InChI=1S/C20H19FN2O3/c1-12(2)18(13-7-9-14(21)10-8-13)22-17(24)11-23-19(25)15-5-3-4-6-16(15)20(23)26/h3-10,12,18H,11H2,1-2H3,(H,22,24)/t18-/m1/s1. The van der Waals surface area contributed by atoms with Crippen molar-refractivity contribution in [3.05, 3.63) is 71.0 Å². The molecular formula is C20H19FN2O3. The van der Waals surface area contributed by atoms with Crippen LogP contribution in [0.3, 0.4) is 0 Å². The van der Waals surface area contributed by atoms with Gasteiger partial charge in [0, 0.05) is 0 Å². The van der Waals surface area contributed by atoms with Gasteiger partial charge in [-0.3, -0.25) is 19.3 Å². The molecule has 1 heterocycles. The maximum absolute atomic E-state index is 13.1. The molecule has 0 saturated carbocycles. The van der Waals surface area contributed by atoms with Crippen molar-refractivity contribution in [2.24, 2.45) is 5.92 Å². The van der Waals surface area contributed by atoms with Crippen LogP contribution >= 0.6 is 0 Å². The molecule has 0 unspecified atom stereocenters. The van der Waals surface area contributed by atoms with Crippen LogP contribution in [0.2, 0.25) is 0 Å². The number of hydrogen-bond acceptors (Lipinski definition) is 3. The second kappa shape index (κ2) is 7.07. The number of halogens is 1. The van der Waals surface area contributed by atoms with E-state index >= 15 is 0 Å². The molecule has 0 saturated heterocycles. The molecule has 3 rings (SSSR count). The van der Waals surface area contributed by atoms with Crippen molar-refractivity contribution in [1.82, 2.24) is 10.2 Å². The van der Waals surface area contributed by atoms with Crippen LogP contribution in [0.25, 0.3) is 0 Å². The number of hydrogen-bond donors (Lipinski definition) is 1. The molecule has 1 N–H and O–H groups in total. The lowest BCUT2D eigenvalue weighted by Gasteiger charge is -2.24. The summed E-state index contributed by atoms with van der Waals surface area (Å²) in [4.78, 5) is 38.1. The summed E-state index contributed by atoms with van der Waals surface area (Å²) in [6.07, 6.45) is 0. The summed E-state index contributed by atoms with van der Waals surface area (Å²) in [5.74, 6) is -1.69. The molecule has 134 valence electrons. The van der Waals surface area contributed by atoms with Crippen molar-refractivity contribution < 1.29 is 18.8 Å². The molecule has 0 fully saturated rings. The quantitative estimate of drug-likeness (QED) is 0.840. The Balaban J connectivity index is 1.73. The summed E-state index contributed by atoms with van der Waals surface area (Å²) in [7, 11) is 0. The van der Waals surface area contributed by atoms with E-state index in [2.05, 4.69) is 5.32 Å². The lowest BCUT2D eigenvalue weighted by molar-refractivity contribution is -0.122. The average molecular weight is 354 g/mol. The molecule has 0 radical (unpaired) electrons. The van der Waals surface area contributed by atoms with Crippen LogP contribution in [0.1, 0.15) is 46.2 Å². The fraction of sp³-hybridized carbons (Fsp3) is 0.250. The number of nitrogens with one attached hydrogen (secondary N) is 1. The molecule has 0 aromatic heterocycles. The van der Waals surface area contributed by atoms with Gasteiger partial charge < -0.3 is 5.32 Å². The molecule has 6 heteroatoms. The van der Waals surface area contributed by atoms with Gasteiger partial charge in [-0.1, -0.05) is 38.1 Å². The summed E-state index contributed by atoms with van der Waals surface area (Å²) in [6, 6.07) is 12.0. The van der Waals surface area contributed by atoms with Crippen LogP contribution in [-0.2, 0) is 4.79 Å². The third-order valence-corrected chi connectivity index (χ3v) is 4.39. The third kappa shape index (κ3) is 3.35. The van der Waals surface area contributed by atoms with Crippen LogP contribution in [0.4, 0.5) is 4.39 Å². The normalized spacial score (nSPS) is 14.5. The highest BCUT2D eigenvalue weighted by molar-refractivity contribution is 6.22. The predicted molar refractivity (Wildman–Crippen MR) is 93.9 cm³/mol. The van der Waals surface area contributed by atoms with E-state index in [4.69, 9.17) is 0 Å². The average Bonchev–Trinajstić information content (AvgIpc) is 2.86. The third-order valence-electron chi connectivity index (χ3n) is 4.39. The molecule has 3 amide bonds. The molecule has 1 atom stereocenters. The zero-order chi connectivity index (χ0) is 18.8. The van der Waals surface area contributed by atoms with E-state index in [9.17, 15) is 18.8 Å². The largest absolute Gasteiger partial charge is 0.347 e. The van der Waals surface area contributed by atoms with E-state index in [1.807, 2.05) is 13.8 Å². The number of carbonyl (C=O) groups is 3. The molecular weight excluding hydrogens is 335 g/mol. The molecule has 0 bridgehead atoms. The van der Waals surface area contributed by atoms with E-state index in [1.54, 1.807) is 36.4 Å². The molecule has 0 spiro atoms. The van der Waals surface area contributed by atoms with E-state index in [-0.39, 0.29) is 24.3 Å². The monoisotopic (exact) mass is 354 g/mol. The van der Waals surface area contributed by atoms with Crippen LogP contribution < -0.4 is 5.32 Å². The van der Waals surface area contributed by atoms with Gasteiger partial charge in [0.05, 0.1) is 17.2 Å². The lowest BCUT2D eigenvalue weighted by atomic mass is 9.96. The van der Waals surface area contributed by atoms with Crippen LogP contribution in [0, 0.1) is 11.7 Å². The molecule has 0 aliphatic carbocycles. The van der Waals surface area contributed by atoms with Crippen molar-refractivity contribution >= 4 is 17.7 Å². The topological polar surface area (TPSA) is 66.5 Å². The Morgan fingerprint density at radius 2 is 1.54 bits per heavy atom. The summed E-state index contributed by atoms with van der Waals surface area (Å²) in [6.45, 7) is 3.50. The van der Waals surface area contributed by atoms with Gasteiger partial charge in [-0.05, 0) is 35.7 Å². The molecule has 2 aromatic rings. The van der Waals surface area contributed by atoms with E-state index in [1.165, 1.54) is 12.1 Å². The molecule has 1 aliphatic rings. The van der Waals surface area contributed by atoms with Gasteiger partial charge in [0.1, 0.15) is 12.4 Å². The first kappa shape index (κ1) is 17.8. The minimum atomic E-state index is -0.469. The van der Waals surface area contributed by atoms with Crippen molar-refractivity contribution in [2.45, 2.75) is 19.9 Å². The van der Waals surface area contributed by atoms with Crippen LogP contribution in [0.15, 0.2) is 48.5 Å². The summed E-state index contributed by atoms with van der Waals surface area (Å²) < 4.78 is 13.1. The van der Waals surface area contributed by atoms with Gasteiger partial charge in [-0.25, -0.2) is 4.39 Å². The second-order valence-electron chi connectivity index (χ2n) is 6.58. The summed E-state index contributed by atoms with van der Waals surface area (Å²) in [5, 5.41) is 2.84. The SMILES string of the molecule is CC(C)[C@@H](NC(=O)CN1C(=O)c2ccccc2C1=O)c1ccc(F)cc1. The first-order valence-electron chi connectivity index (χ1n) is 8.38. The first-order chi connectivity index (χ1) is 12.4. The Labute approximate surface area is 150 Å². The van der Waals surface area contributed by atoms with Gasteiger partial charge in [0.15, 0.2) is 0 Å². The van der Waals surface area contributed by atoms with Gasteiger partial charge in [0.2, 0.25) is 5.91 Å². The summed E-state index contributed by atoms with van der Waals surface area (Å²) >= 11 is 0. The van der Waals surface area contributed by atoms with E-state index in [0.717, 1.165) is 10.5 Å². The fourth-order valence-corrected chi connectivity index (χ4v) is 3.05. The highest BCUT2D eigenvalue weighted by Gasteiger charge is 2.36. The predicted octanol–water partition coefficient (Wildman–Crippen LogP) is 2.94. The maximum atomic E-state index is 13.1. The molecule has 26 heavy (non-hydrogen) atoms. The number of benzene rings is 2. The minimum Gasteiger partial charge on any atom is -0.347 e. The van der Waals surface area contributed by atoms with Gasteiger partial charge >= 0.3 is 0 Å². The van der Waals surface area contributed by atoms with Crippen LogP contribution in [-0.4, -0.2) is 29.2 Å². The van der Waals surface area contributed by atoms with Gasteiger partial charge in [-0.2, -0.15) is 0 Å². The highest BCUT2D eigenvalue weighted by Crippen LogP contribution is 2.24. The van der Waals surface area contributed by atoms with Crippen molar-refractivity contribution in [1.29, 1.82) is 0 Å². The van der Waals surface area contributed by atoms with E-state index in [0.29, 0.717) is 11.1 Å². The van der Waals surface area contributed by atoms with E-state index < -0.39 is 17.7 Å². The number of carbonyl (C=O) groups excluding carboxylic acids is 3. The Morgan fingerprint density at radius 3 is 2.04 bits per heavy atom. The fourth-order valence-electron chi connectivity index (χ4n) is 3.05. The zero-order valence-electron chi connectivity index (χ0n) is 14.5. The zero-order valence-corrected chi connectivity index (χ0v) is 14.5. The summed E-state index contributed by atoms with van der Waals surface area (Å²) in [5.41, 5.74) is 1.38. The first-order valence-corrected chi connectivity index (χ1v) is 8.38. The van der Waals surface area contributed by atoms with Crippen molar-refractivity contribution in [2.75, 3.05) is 6.54 Å². The van der Waals surface area contributed by atoms with Gasteiger partial charge in [0.25, 0.3) is 11.8 Å². The Morgan fingerprint density at radius 1 is 1.00 bits per heavy atom. The Bertz CT molecular complexity index is 827. The van der Waals surface area contributed by atoms with Crippen LogP contribution in [0.5, 0.6) is 0 Å². The number of rotatable bonds is 5. The number of imide groups is 1. The molecule has 5 nitrogen and oxygen atoms in total. The lowest BCUT2D eigenvalue weighted by Crippen LogP contribution is -2.42. The molecule has 1 aliphatic heterocycles. The number of nitrogens with zero attached hydrogens (tertiary/aromatic N) is 1. The maximum Gasteiger partial charge on any atom is 0.262 e. The van der Waals surface area contributed by atoms with Gasteiger partial charge in [-0.15, -0.1) is 0 Å². The van der Waals surface area contributed by atoms with Crippen molar-refractivity contribution in [3.8, 4) is 0 Å². The Hall–Kier alpha value is -3.02. The highest BCUT2D eigenvalue weighted by atomic mass is 19.1. The number of fused-ring (bicyclic) bond motifs is 1. The molecule has 2 aromatic carbocycles.